The van der Waals surface area contributed by atoms with Crippen LogP contribution in [0.1, 0.15) is 18.4 Å². The number of aromatic nitrogens is 1. The summed E-state index contributed by atoms with van der Waals surface area (Å²) in [5.41, 5.74) is 1.91. The first-order valence-corrected chi connectivity index (χ1v) is 7.53. The maximum atomic E-state index is 12.5. The Morgan fingerprint density at radius 1 is 1.38 bits per heavy atom. The summed E-state index contributed by atoms with van der Waals surface area (Å²) in [7, 11) is 3.89. The van der Waals surface area contributed by atoms with E-state index in [1.54, 1.807) is 4.57 Å². The molecule has 0 spiro atoms. The highest BCUT2D eigenvalue weighted by molar-refractivity contribution is 5.79. The minimum absolute atomic E-state index is 0.0906. The van der Waals surface area contributed by atoms with E-state index >= 15 is 0 Å². The van der Waals surface area contributed by atoms with Gasteiger partial charge in [-0.05, 0) is 37.4 Å². The number of nitrogens with zero attached hydrogens (tertiary/aromatic N) is 2. The largest absolute Gasteiger partial charge is 0.377 e. The second-order valence-electron chi connectivity index (χ2n) is 5.92. The molecule has 1 saturated heterocycles. The third kappa shape index (κ3) is 3.01. The summed E-state index contributed by atoms with van der Waals surface area (Å²) in [5, 5.41) is 1.11. The van der Waals surface area contributed by atoms with E-state index in [1.165, 1.54) is 0 Å². The first kappa shape index (κ1) is 14.3. The Balaban J connectivity index is 1.83. The van der Waals surface area contributed by atoms with Gasteiger partial charge in [0.2, 0.25) is 0 Å². The summed E-state index contributed by atoms with van der Waals surface area (Å²) in [6.07, 6.45) is 2.59. The number of benzene rings is 1. The molecule has 1 fully saturated rings. The molecular formula is C17H22N2O2. The third-order valence-corrected chi connectivity index (χ3v) is 4.19. The standard InChI is InChI=1S/C17H22N2O2/c1-18(12-15-7-5-9-21-15)11-14-10-13-6-3-4-8-16(13)19(2)17(14)20/h3-4,6,8,10,15H,5,7,9,11-12H2,1-2H3/t15-/m1/s1. The average Bonchev–Trinajstić information content (AvgIpc) is 2.97. The van der Waals surface area contributed by atoms with E-state index < -0.39 is 0 Å². The van der Waals surface area contributed by atoms with E-state index in [0.29, 0.717) is 12.6 Å². The van der Waals surface area contributed by atoms with Crippen LogP contribution in [0.3, 0.4) is 0 Å². The van der Waals surface area contributed by atoms with Gasteiger partial charge in [0.25, 0.3) is 5.56 Å². The topological polar surface area (TPSA) is 34.5 Å². The molecule has 2 heterocycles. The fourth-order valence-corrected chi connectivity index (χ4v) is 3.09. The molecule has 0 radical (unpaired) electrons. The van der Waals surface area contributed by atoms with E-state index in [2.05, 4.69) is 18.0 Å². The number of ether oxygens (including phenoxy) is 1. The van der Waals surface area contributed by atoms with Crippen LogP contribution in [0.2, 0.25) is 0 Å². The molecule has 1 aromatic heterocycles. The van der Waals surface area contributed by atoms with Crippen molar-refractivity contribution < 1.29 is 4.74 Å². The molecule has 0 bridgehead atoms. The van der Waals surface area contributed by atoms with Crippen LogP contribution in [0.15, 0.2) is 35.1 Å². The summed E-state index contributed by atoms with van der Waals surface area (Å²) in [6.45, 7) is 2.42. The van der Waals surface area contributed by atoms with Gasteiger partial charge in [0.15, 0.2) is 0 Å². The quantitative estimate of drug-likeness (QED) is 0.864. The van der Waals surface area contributed by atoms with Gasteiger partial charge in [-0.2, -0.15) is 0 Å². The van der Waals surface area contributed by atoms with Crippen molar-refractivity contribution in [3.05, 3.63) is 46.2 Å². The van der Waals surface area contributed by atoms with E-state index in [-0.39, 0.29) is 5.56 Å². The second-order valence-corrected chi connectivity index (χ2v) is 5.92. The summed E-state index contributed by atoms with van der Waals surface area (Å²) >= 11 is 0. The summed E-state index contributed by atoms with van der Waals surface area (Å²) in [6, 6.07) is 10.0. The predicted molar refractivity (Wildman–Crippen MR) is 84.5 cm³/mol. The molecule has 4 heteroatoms. The molecular weight excluding hydrogens is 264 g/mol. The molecule has 112 valence electrons. The van der Waals surface area contributed by atoms with Crippen molar-refractivity contribution in [3.8, 4) is 0 Å². The number of rotatable bonds is 4. The number of aryl methyl sites for hydroxylation is 1. The van der Waals surface area contributed by atoms with Crippen molar-refractivity contribution in [2.75, 3.05) is 20.2 Å². The van der Waals surface area contributed by atoms with Gasteiger partial charge in [0.05, 0.1) is 11.6 Å². The average molecular weight is 286 g/mol. The van der Waals surface area contributed by atoms with Crippen molar-refractivity contribution in [1.82, 2.24) is 9.47 Å². The number of pyridine rings is 1. The molecule has 0 aliphatic carbocycles. The highest BCUT2D eigenvalue weighted by Gasteiger charge is 2.18. The van der Waals surface area contributed by atoms with Gasteiger partial charge < -0.3 is 9.30 Å². The lowest BCUT2D eigenvalue weighted by Crippen LogP contribution is -2.32. The SMILES string of the molecule is CN(Cc1cc2ccccc2n(C)c1=O)C[C@H]1CCCO1. The monoisotopic (exact) mass is 286 g/mol. The van der Waals surface area contributed by atoms with E-state index in [4.69, 9.17) is 4.74 Å². The van der Waals surface area contributed by atoms with Crippen molar-refractivity contribution in [3.63, 3.8) is 0 Å². The Morgan fingerprint density at radius 2 is 2.19 bits per heavy atom. The van der Waals surface area contributed by atoms with Crippen LogP contribution in [-0.2, 0) is 18.3 Å². The maximum absolute atomic E-state index is 12.5. The molecule has 4 nitrogen and oxygen atoms in total. The molecule has 0 amide bonds. The molecule has 3 rings (SSSR count). The van der Waals surface area contributed by atoms with Crippen molar-refractivity contribution in [2.45, 2.75) is 25.5 Å². The molecule has 1 aliphatic heterocycles. The number of para-hydroxylation sites is 1. The van der Waals surface area contributed by atoms with E-state index in [9.17, 15) is 4.79 Å². The van der Waals surface area contributed by atoms with Gasteiger partial charge in [-0.15, -0.1) is 0 Å². The number of likely N-dealkylation sites (N-methyl/N-ethyl adjacent to an activating group) is 1. The molecule has 0 saturated carbocycles. The minimum Gasteiger partial charge on any atom is -0.377 e. The van der Waals surface area contributed by atoms with Crippen LogP contribution in [0, 0.1) is 0 Å². The lowest BCUT2D eigenvalue weighted by atomic mass is 10.1. The Morgan fingerprint density at radius 3 is 2.95 bits per heavy atom. The van der Waals surface area contributed by atoms with Crippen LogP contribution in [0.4, 0.5) is 0 Å². The zero-order chi connectivity index (χ0) is 14.8. The fraction of sp³-hybridized carbons (Fsp3) is 0.471. The van der Waals surface area contributed by atoms with Gasteiger partial charge >= 0.3 is 0 Å². The van der Waals surface area contributed by atoms with Gasteiger partial charge in [0.1, 0.15) is 0 Å². The lowest BCUT2D eigenvalue weighted by molar-refractivity contribution is 0.0792. The molecule has 21 heavy (non-hydrogen) atoms. The Hall–Kier alpha value is -1.65. The van der Waals surface area contributed by atoms with Gasteiger partial charge in [0, 0.05) is 32.3 Å². The first-order valence-electron chi connectivity index (χ1n) is 7.53. The van der Waals surface area contributed by atoms with E-state index in [0.717, 1.165) is 42.5 Å². The smallest absolute Gasteiger partial charge is 0.255 e. The first-order chi connectivity index (χ1) is 10.1. The number of fused-ring (bicyclic) bond motifs is 1. The highest BCUT2D eigenvalue weighted by atomic mass is 16.5. The van der Waals surface area contributed by atoms with Crippen LogP contribution in [-0.4, -0.2) is 35.8 Å². The normalized spacial score (nSPS) is 18.7. The third-order valence-electron chi connectivity index (χ3n) is 4.19. The molecule has 1 aromatic carbocycles. The Labute approximate surface area is 124 Å². The van der Waals surface area contributed by atoms with Crippen LogP contribution >= 0.6 is 0 Å². The predicted octanol–water partition coefficient (Wildman–Crippen LogP) is 2.15. The van der Waals surface area contributed by atoms with Crippen LogP contribution in [0.25, 0.3) is 10.9 Å². The van der Waals surface area contributed by atoms with Gasteiger partial charge in [-0.1, -0.05) is 18.2 Å². The van der Waals surface area contributed by atoms with Gasteiger partial charge in [-0.25, -0.2) is 0 Å². The second kappa shape index (κ2) is 6.00. The highest BCUT2D eigenvalue weighted by Crippen LogP contribution is 2.15. The molecule has 1 aliphatic rings. The Kier molecular flexibility index (Phi) is 4.08. The molecule has 0 unspecified atom stereocenters. The zero-order valence-corrected chi connectivity index (χ0v) is 12.7. The summed E-state index contributed by atoms with van der Waals surface area (Å²) in [5.74, 6) is 0. The number of hydrogen-bond donors (Lipinski definition) is 0. The van der Waals surface area contributed by atoms with Crippen LogP contribution < -0.4 is 5.56 Å². The maximum Gasteiger partial charge on any atom is 0.255 e. The van der Waals surface area contributed by atoms with Crippen molar-refractivity contribution >= 4 is 10.9 Å². The zero-order valence-electron chi connectivity index (χ0n) is 12.7. The molecule has 2 aromatic rings. The van der Waals surface area contributed by atoms with Crippen molar-refractivity contribution in [2.24, 2.45) is 7.05 Å². The minimum atomic E-state index is 0.0906. The fourth-order valence-electron chi connectivity index (χ4n) is 3.09. The number of hydrogen-bond acceptors (Lipinski definition) is 3. The van der Waals surface area contributed by atoms with E-state index in [1.807, 2.05) is 31.3 Å². The summed E-state index contributed by atoms with van der Waals surface area (Å²) in [4.78, 5) is 14.6. The van der Waals surface area contributed by atoms with Gasteiger partial charge in [-0.3, -0.25) is 9.69 Å². The lowest BCUT2D eigenvalue weighted by Gasteiger charge is -2.20. The Bertz CT molecular complexity index is 687. The molecule has 0 N–H and O–H groups in total. The van der Waals surface area contributed by atoms with Crippen LogP contribution in [0.5, 0.6) is 0 Å². The summed E-state index contributed by atoms with van der Waals surface area (Å²) < 4.78 is 7.40. The van der Waals surface area contributed by atoms with Crippen molar-refractivity contribution in [1.29, 1.82) is 0 Å². The molecule has 1 atom stereocenters.